The van der Waals surface area contributed by atoms with E-state index in [-0.39, 0.29) is 9.79 Å². The van der Waals surface area contributed by atoms with E-state index >= 15 is 0 Å². The molecule has 0 spiro atoms. The number of hydrogen-bond acceptors (Lipinski definition) is 3. The van der Waals surface area contributed by atoms with E-state index < -0.39 is 10.0 Å². The van der Waals surface area contributed by atoms with Gasteiger partial charge in [0.15, 0.2) is 0 Å². The summed E-state index contributed by atoms with van der Waals surface area (Å²) in [5.74, 6) is 0. The minimum Gasteiger partial charge on any atom is -0.225 e. The van der Waals surface area contributed by atoms with Crippen LogP contribution < -0.4 is 5.14 Å². The molecule has 0 bridgehead atoms. The van der Waals surface area contributed by atoms with Crippen molar-refractivity contribution in [3.63, 3.8) is 0 Å². The Kier molecular flexibility index (Phi) is 2.91. The average Bonchev–Trinajstić information content (AvgIpc) is 1.78. The fraction of sp³-hybridized carbons (Fsp3) is 0.143. The number of rotatable bonds is 1. The molecule has 0 saturated carbocycles. The van der Waals surface area contributed by atoms with E-state index in [4.69, 9.17) is 16.7 Å². The molecule has 1 aromatic rings. The molecule has 0 aliphatic rings. The van der Waals surface area contributed by atoms with E-state index in [9.17, 15) is 8.42 Å². The van der Waals surface area contributed by atoms with Crippen molar-refractivity contribution in [3.05, 3.63) is 22.7 Å². The van der Waals surface area contributed by atoms with Crippen LogP contribution in [-0.4, -0.2) is 8.42 Å². The van der Waals surface area contributed by atoms with Crippen molar-refractivity contribution in [2.24, 2.45) is 5.14 Å². The first-order valence-corrected chi connectivity index (χ1v) is 5.71. The van der Waals surface area contributed by atoms with E-state index in [2.05, 4.69) is 12.6 Å². The summed E-state index contributed by atoms with van der Waals surface area (Å²) in [4.78, 5) is 0.299. The molecule has 0 aliphatic carbocycles. The highest BCUT2D eigenvalue weighted by Gasteiger charge is 2.15. The van der Waals surface area contributed by atoms with Gasteiger partial charge >= 0.3 is 0 Å². The fourth-order valence-electron chi connectivity index (χ4n) is 1.08. The Morgan fingerprint density at radius 3 is 2.38 bits per heavy atom. The maximum atomic E-state index is 11.1. The monoisotopic (exact) mass is 237 g/mol. The van der Waals surface area contributed by atoms with Crippen LogP contribution in [0.2, 0.25) is 5.02 Å². The molecule has 13 heavy (non-hydrogen) atoms. The van der Waals surface area contributed by atoms with Crippen molar-refractivity contribution in [2.75, 3.05) is 0 Å². The Morgan fingerprint density at radius 1 is 1.46 bits per heavy atom. The Labute approximate surface area is 87.4 Å². The smallest absolute Gasteiger partial charge is 0.225 e. The molecule has 0 radical (unpaired) electrons. The SMILES string of the molecule is Cc1cc(Cl)cc(S)c1S(N)(=O)=O. The average molecular weight is 238 g/mol. The van der Waals surface area contributed by atoms with Gasteiger partial charge in [-0.05, 0) is 24.6 Å². The number of benzene rings is 1. The van der Waals surface area contributed by atoms with Crippen LogP contribution in [0.15, 0.2) is 21.9 Å². The molecule has 0 atom stereocenters. The molecule has 72 valence electrons. The topological polar surface area (TPSA) is 60.2 Å². The van der Waals surface area contributed by atoms with Gasteiger partial charge in [0.1, 0.15) is 0 Å². The van der Waals surface area contributed by atoms with E-state index in [1.165, 1.54) is 12.1 Å². The third kappa shape index (κ3) is 2.37. The zero-order chi connectivity index (χ0) is 10.2. The third-order valence-electron chi connectivity index (χ3n) is 1.50. The fourth-order valence-corrected chi connectivity index (χ4v) is 2.99. The second-order valence-electron chi connectivity index (χ2n) is 2.62. The lowest BCUT2D eigenvalue weighted by molar-refractivity contribution is 0.595. The van der Waals surface area contributed by atoms with Gasteiger partial charge in [0.2, 0.25) is 10.0 Å². The predicted octanol–water partition coefficient (Wildman–Crippen LogP) is 1.58. The van der Waals surface area contributed by atoms with Crippen LogP contribution in [0, 0.1) is 6.92 Å². The molecule has 0 aliphatic heterocycles. The lowest BCUT2D eigenvalue weighted by Gasteiger charge is -2.06. The van der Waals surface area contributed by atoms with Crippen LogP contribution in [0.5, 0.6) is 0 Å². The van der Waals surface area contributed by atoms with Gasteiger partial charge in [-0.15, -0.1) is 12.6 Å². The molecule has 0 fully saturated rings. The summed E-state index contributed by atoms with van der Waals surface area (Å²) in [6, 6.07) is 2.97. The Hall–Kier alpha value is -0.230. The van der Waals surface area contributed by atoms with Gasteiger partial charge in [0.05, 0.1) is 4.90 Å². The Balaban J connectivity index is 3.57. The first-order chi connectivity index (χ1) is 5.82. The van der Waals surface area contributed by atoms with Crippen LogP contribution in [0.3, 0.4) is 0 Å². The number of primary sulfonamides is 1. The Morgan fingerprint density at radius 2 is 2.00 bits per heavy atom. The zero-order valence-electron chi connectivity index (χ0n) is 6.78. The number of nitrogens with two attached hydrogens (primary N) is 1. The first-order valence-electron chi connectivity index (χ1n) is 3.34. The molecule has 2 N–H and O–H groups in total. The van der Waals surface area contributed by atoms with Crippen molar-refractivity contribution in [1.82, 2.24) is 0 Å². The number of halogens is 1. The van der Waals surface area contributed by atoms with Crippen molar-refractivity contribution >= 4 is 34.3 Å². The van der Waals surface area contributed by atoms with E-state index in [0.29, 0.717) is 10.6 Å². The van der Waals surface area contributed by atoms with Crippen LogP contribution in [0.25, 0.3) is 0 Å². The third-order valence-corrected chi connectivity index (χ3v) is 3.34. The number of aryl methyl sites for hydroxylation is 1. The lowest BCUT2D eigenvalue weighted by atomic mass is 10.2. The van der Waals surface area contributed by atoms with Crippen molar-refractivity contribution < 1.29 is 8.42 Å². The van der Waals surface area contributed by atoms with Crippen molar-refractivity contribution in [1.29, 1.82) is 0 Å². The number of thiol groups is 1. The highest BCUT2D eigenvalue weighted by Crippen LogP contribution is 2.26. The maximum absolute atomic E-state index is 11.1. The second-order valence-corrected chi connectivity index (χ2v) is 5.03. The van der Waals surface area contributed by atoms with Crippen LogP contribution >= 0.6 is 24.2 Å². The van der Waals surface area contributed by atoms with E-state index in [0.717, 1.165) is 0 Å². The van der Waals surface area contributed by atoms with Crippen LogP contribution in [-0.2, 0) is 10.0 Å². The van der Waals surface area contributed by atoms with Gasteiger partial charge in [0, 0.05) is 9.92 Å². The van der Waals surface area contributed by atoms with Gasteiger partial charge in [-0.25, -0.2) is 13.6 Å². The normalized spacial score (nSPS) is 11.7. The predicted molar refractivity (Wildman–Crippen MR) is 54.8 cm³/mol. The summed E-state index contributed by atoms with van der Waals surface area (Å²) in [6.07, 6.45) is 0. The van der Waals surface area contributed by atoms with Gasteiger partial charge in [0.25, 0.3) is 0 Å². The first kappa shape index (κ1) is 10.8. The lowest BCUT2D eigenvalue weighted by Crippen LogP contribution is -2.14. The molecule has 1 rings (SSSR count). The summed E-state index contributed by atoms with van der Waals surface area (Å²) in [5, 5.41) is 5.43. The molecule has 6 heteroatoms. The summed E-state index contributed by atoms with van der Waals surface area (Å²) < 4.78 is 22.1. The van der Waals surface area contributed by atoms with Crippen molar-refractivity contribution in [2.45, 2.75) is 16.7 Å². The highest BCUT2D eigenvalue weighted by molar-refractivity contribution is 7.90. The van der Waals surface area contributed by atoms with Gasteiger partial charge < -0.3 is 0 Å². The molecule has 0 heterocycles. The van der Waals surface area contributed by atoms with E-state index in [1.54, 1.807) is 6.92 Å². The van der Waals surface area contributed by atoms with Crippen LogP contribution in [0.4, 0.5) is 0 Å². The summed E-state index contributed by atoms with van der Waals surface area (Å²) in [6.45, 7) is 1.62. The van der Waals surface area contributed by atoms with Gasteiger partial charge in [-0.1, -0.05) is 11.6 Å². The second kappa shape index (κ2) is 3.49. The number of hydrogen-bond donors (Lipinski definition) is 2. The molecule has 0 saturated heterocycles. The van der Waals surface area contributed by atoms with Crippen LogP contribution in [0.1, 0.15) is 5.56 Å². The minimum absolute atomic E-state index is 0.0280. The molecule has 3 nitrogen and oxygen atoms in total. The largest absolute Gasteiger partial charge is 0.239 e. The standard InChI is InChI=1S/C7H8ClNO2S2/c1-4-2-5(8)3-6(12)7(4)13(9,10)11/h2-3,12H,1H3,(H2,9,10,11). The quantitative estimate of drug-likeness (QED) is 0.729. The molecule has 0 aromatic heterocycles. The molecule has 0 amide bonds. The molecular weight excluding hydrogens is 230 g/mol. The minimum atomic E-state index is -3.72. The number of sulfonamides is 1. The highest BCUT2D eigenvalue weighted by atomic mass is 35.5. The molecule has 1 aromatic carbocycles. The molecular formula is C7H8ClNO2S2. The summed E-state index contributed by atoms with van der Waals surface area (Å²) in [5.41, 5.74) is 0.500. The van der Waals surface area contributed by atoms with Gasteiger partial charge in [-0.3, -0.25) is 0 Å². The molecule has 0 unspecified atom stereocenters. The summed E-state index contributed by atoms with van der Waals surface area (Å²) >= 11 is 9.67. The van der Waals surface area contributed by atoms with Gasteiger partial charge in [-0.2, -0.15) is 0 Å². The maximum Gasteiger partial charge on any atom is 0.239 e. The van der Waals surface area contributed by atoms with E-state index in [1.807, 2.05) is 0 Å². The summed E-state index contributed by atoms with van der Waals surface area (Å²) in [7, 11) is -3.72. The Bertz CT molecular complexity index is 419. The zero-order valence-corrected chi connectivity index (χ0v) is 9.25. The van der Waals surface area contributed by atoms with Crippen molar-refractivity contribution in [3.8, 4) is 0 Å².